The van der Waals surface area contributed by atoms with E-state index in [1.54, 1.807) is 0 Å². The number of nitrogens with zero attached hydrogens (tertiary/aromatic N) is 3. The molecular formula is C112H63Br3N4. The summed E-state index contributed by atoms with van der Waals surface area (Å²) >= 11 is 11.6. The molecule has 552 valence electrons. The Morgan fingerprint density at radius 3 is 0.597 bits per heavy atom. The number of nitrogens with one attached hydrogen (secondary N) is 1. The average molecular weight is 1700 g/mol. The van der Waals surface area contributed by atoms with Crippen LogP contribution in [0.2, 0.25) is 0 Å². The van der Waals surface area contributed by atoms with Gasteiger partial charge in [0, 0.05) is 83.7 Å². The molecule has 0 saturated carbocycles. The van der Waals surface area contributed by atoms with Gasteiger partial charge in [0.1, 0.15) is 0 Å². The van der Waals surface area contributed by atoms with E-state index >= 15 is 0 Å². The van der Waals surface area contributed by atoms with E-state index in [0.717, 1.165) is 13.4 Å². The molecule has 0 fully saturated rings. The van der Waals surface area contributed by atoms with Gasteiger partial charge in [-0.15, -0.1) is 0 Å². The van der Waals surface area contributed by atoms with Crippen molar-refractivity contribution in [3.05, 3.63) is 456 Å². The fourth-order valence-electron chi connectivity index (χ4n) is 25.1. The summed E-state index contributed by atoms with van der Waals surface area (Å²) in [6, 6.07) is 141. The predicted molar refractivity (Wildman–Crippen MR) is 505 cm³/mol. The van der Waals surface area contributed by atoms with Crippen LogP contribution in [0.5, 0.6) is 0 Å². The third kappa shape index (κ3) is 7.52. The van der Waals surface area contributed by atoms with Crippen LogP contribution in [0.1, 0.15) is 66.8 Å². The van der Waals surface area contributed by atoms with Gasteiger partial charge in [-0.2, -0.15) is 0 Å². The van der Waals surface area contributed by atoms with Crippen molar-refractivity contribution < 1.29 is 0 Å². The van der Waals surface area contributed by atoms with E-state index in [9.17, 15) is 0 Å². The van der Waals surface area contributed by atoms with Crippen LogP contribution in [0, 0.1) is 0 Å². The fraction of sp³-hybridized carbons (Fsp3) is 0.0357. The van der Waals surface area contributed by atoms with Crippen molar-refractivity contribution in [2.45, 2.75) is 21.7 Å². The lowest BCUT2D eigenvalue weighted by Gasteiger charge is -2.40. The minimum Gasteiger partial charge on any atom is -0.355 e. The lowest BCUT2D eigenvalue weighted by molar-refractivity contribution is 0.492. The fourth-order valence-corrected chi connectivity index (χ4v) is 26.5. The third-order valence-electron chi connectivity index (χ3n) is 28.9. The minimum absolute atomic E-state index is 0.305. The average Bonchev–Trinajstić information content (AvgIpc) is 1.44. The van der Waals surface area contributed by atoms with Gasteiger partial charge in [-0.25, -0.2) is 0 Å². The Morgan fingerprint density at radius 1 is 0.160 bits per heavy atom. The number of hydrogen-bond donors (Lipinski definition) is 1. The summed E-state index contributed by atoms with van der Waals surface area (Å²) in [7, 11) is 0. The van der Waals surface area contributed by atoms with E-state index < -0.39 is 10.8 Å². The molecule has 20 aromatic carbocycles. The molecule has 0 atom stereocenters. The highest BCUT2D eigenvalue weighted by atomic mass is 79.9. The van der Waals surface area contributed by atoms with Crippen LogP contribution in [0.3, 0.4) is 0 Å². The first-order valence-corrected chi connectivity index (χ1v) is 43.5. The summed E-state index contributed by atoms with van der Waals surface area (Å²) in [4.78, 5) is 3.38. The summed E-state index contributed by atoms with van der Waals surface area (Å²) in [5.74, 6) is 0. The molecule has 7 heteroatoms. The van der Waals surface area contributed by atoms with E-state index in [1.807, 2.05) is 0 Å². The molecule has 4 aromatic heterocycles. The van der Waals surface area contributed by atoms with Crippen LogP contribution in [0.25, 0.3) is 169 Å². The van der Waals surface area contributed by atoms with Gasteiger partial charge >= 0.3 is 0 Å². The largest absolute Gasteiger partial charge is 0.355 e. The summed E-state index contributed by atoms with van der Waals surface area (Å²) in [5, 5.41) is 26.3. The van der Waals surface area contributed by atoms with Crippen molar-refractivity contribution in [2.75, 3.05) is 0 Å². The van der Waals surface area contributed by atoms with E-state index in [0.29, 0.717) is 0 Å². The lowest BCUT2D eigenvalue weighted by Crippen LogP contribution is -2.42. The molecule has 0 unspecified atom stereocenters. The molecule has 4 nitrogen and oxygen atoms in total. The number of para-hydroxylation sites is 8. The molecule has 30 rings (SSSR count). The number of benzene rings is 20. The van der Waals surface area contributed by atoms with Crippen LogP contribution in [0.15, 0.2) is 390 Å². The Hall–Kier alpha value is -13.4. The number of rotatable bonds is 3. The molecule has 0 radical (unpaired) electrons. The van der Waals surface area contributed by atoms with Crippen LogP contribution in [-0.4, -0.2) is 18.7 Å². The first-order valence-electron chi connectivity index (χ1n) is 41.1. The summed E-state index contributed by atoms with van der Waals surface area (Å²) in [6.07, 6.45) is 0. The Balaban J connectivity index is 0.000000125. The van der Waals surface area contributed by atoms with Gasteiger partial charge in [0.15, 0.2) is 0 Å². The van der Waals surface area contributed by atoms with Crippen LogP contribution >= 0.6 is 47.8 Å². The highest BCUT2D eigenvalue weighted by molar-refractivity contribution is 9.11. The Kier molecular flexibility index (Phi) is 12.7. The molecule has 24 aromatic rings. The molecule has 6 aliphatic carbocycles. The molecule has 1 N–H and O–H groups in total. The molecule has 6 aliphatic rings. The second-order valence-electron chi connectivity index (χ2n) is 33.4. The quantitative estimate of drug-likeness (QED) is 0.183. The molecule has 0 bridgehead atoms. The predicted octanol–water partition coefficient (Wildman–Crippen LogP) is 29.8. The molecule has 0 amide bonds. The maximum absolute atomic E-state index is 3.88. The Bertz CT molecular complexity index is 7840. The summed E-state index contributed by atoms with van der Waals surface area (Å²) in [5.41, 5.74) is 28.6. The smallest absolute Gasteiger partial charge is 0.0648 e. The molecule has 4 heterocycles. The number of fused-ring (bicyclic) bond motifs is 12. The second kappa shape index (κ2) is 23.1. The van der Waals surface area contributed by atoms with Gasteiger partial charge in [-0.05, 0) is 200 Å². The van der Waals surface area contributed by atoms with Gasteiger partial charge in [0.2, 0.25) is 0 Å². The molecule has 0 aliphatic heterocycles. The Morgan fingerprint density at radius 2 is 0.345 bits per heavy atom. The molecule has 0 spiro atoms. The number of aromatic nitrogens is 4. The molecular weight excluding hydrogens is 1640 g/mol. The zero-order chi connectivity index (χ0) is 77.8. The first-order chi connectivity index (χ1) is 58.8. The molecule has 0 saturated heterocycles. The van der Waals surface area contributed by atoms with Crippen molar-refractivity contribution in [3.8, 4) is 17.1 Å². The third-order valence-corrected chi connectivity index (χ3v) is 30.9. The maximum atomic E-state index is 3.88. The zero-order valence-electron chi connectivity index (χ0n) is 63.8. The summed E-state index contributed by atoms with van der Waals surface area (Å²) in [6.45, 7) is 0. The van der Waals surface area contributed by atoms with E-state index in [1.165, 1.54) is 236 Å². The van der Waals surface area contributed by atoms with E-state index in [4.69, 9.17) is 0 Å². The van der Waals surface area contributed by atoms with Crippen molar-refractivity contribution in [1.29, 1.82) is 0 Å². The van der Waals surface area contributed by atoms with Crippen molar-refractivity contribution in [1.82, 2.24) is 18.7 Å². The normalized spacial score (nSPS) is 18.2. The van der Waals surface area contributed by atoms with Gasteiger partial charge in [0.05, 0.1) is 71.8 Å². The van der Waals surface area contributed by atoms with Crippen LogP contribution in [0.4, 0.5) is 0 Å². The highest BCUT2D eigenvalue weighted by Gasteiger charge is 2.72. The van der Waals surface area contributed by atoms with Crippen molar-refractivity contribution in [2.24, 2.45) is 0 Å². The number of halogens is 3. The van der Waals surface area contributed by atoms with Crippen LogP contribution in [-0.2, 0) is 21.7 Å². The second-order valence-corrected chi connectivity index (χ2v) is 35.9. The number of H-pyrrole nitrogens is 1. The maximum Gasteiger partial charge on any atom is 0.0648 e. The van der Waals surface area contributed by atoms with Crippen molar-refractivity contribution in [3.63, 3.8) is 0 Å². The lowest BCUT2D eigenvalue weighted by atomic mass is 9.59. The van der Waals surface area contributed by atoms with Gasteiger partial charge in [0.25, 0.3) is 0 Å². The summed E-state index contributed by atoms with van der Waals surface area (Å²) < 4.78 is 11.0. The van der Waals surface area contributed by atoms with Gasteiger partial charge in [-0.1, -0.05) is 339 Å². The van der Waals surface area contributed by atoms with E-state index in [-0.39, 0.29) is 10.8 Å². The topological polar surface area (TPSA) is 30.6 Å². The van der Waals surface area contributed by atoms with Crippen LogP contribution < -0.4 is 0 Å². The van der Waals surface area contributed by atoms with E-state index in [2.05, 4.69) is 443 Å². The van der Waals surface area contributed by atoms with Gasteiger partial charge < -0.3 is 18.7 Å². The monoisotopic (exact) mass is 1700 g/mol. The van der Waals surface area contributed by atoms with Crippen molar-refractivity contribution >= 4 is 200 Å². The zero-order valence-corrected chi connectivity index (χ0v) is 68.5. The van der Waals surface area contributed by atoms with Gasteiger partial charge in [-0.3, -0.25) is 0 Å². The highest BCUT2D eigenvalue weighted by Crippen LogP contribution is 2.78. The SMILES string of the molecule is Brc1ccc2c3c(cccc13)C13c4cccc5c(Br)ccc(c45)C21c1ccc(Br)c2cccc3c12.c1cc2c3c(ccc(-n4c5ccccc5c5ccccc54)c3c1)C13c4ccc(-n5c6ccccc6c6ccccc65)c5cccc(c45)C21c1cccc2c(-n4c5ccccc5c5ccccc54)ccc3c12.c1ccc2c(c1)[nH]c1ccccc12. The first kappa shape index (κ1) is 65.7. The number of aromatic amines is 1. The minimum atomic E-state index is -0.559. The Labute approximate surface area is 707 Å². The molecule has 119 heavy (non-hydrogen) atoms. The number of hydrogen-bond acceptors (Lipinski definition) is 0. The standard InChI is InChI=1S/C68H39N3.C32H15Br3.C12H9N/c1-7-28-55-40(16-1)41-17-2-8-29-56(41)69(55)61-37-34-52-64-46(61)22-13-25-49(64)67-50-26-14-23-47-62(70-57-30-9-3-18-42(57)43-19-4-10-31-58(43)70)38-35-53(65(47)50)68(52,67)54-36-39-63(48-24-15-27-51(67)66(48)54)71-59-32-11-5-20-44(59)45-21-6-12-33-60(45)71;33-25-13-10-22-28-16(25)4-1-7-19(28)31-20-8-2-5-17-26(34)14-11-23(29(17)20)32(22,31)24-12-15-27(35)18-6-3-9-21(31)30(18)24;1-3-7-11-9(5-1)10-6-2-4-8-12(10)13-11/h1-39H;1-15H;1-8,13H.